The van der Waals surface area contributed by atoms with E-state index >= 15 is 0 Å². The summed E-state index contributed by atoms with van der Waals surface area (Å²) in [5, 5.41) is 0. The SMILES string of the molecule is CC(C)(CCN)CNS(=O)(=O)NC1CC1. The zero-order valence-corrected chi connectivity index (χ0v) is 10.2. The second kappa shape index (κ2) is 4.78. The van der Waals surface area contributed by atoms with E-state index in [9.17, 15) is 8.42 Å². The molecule has 5 nitrogen and oxygen atoms in total. The van der Waals surface area contributed by atoms with Crippen molar-refractivity contribution in [3.8, 4) is 0 Å². The lowest BCUT2D eigenvalue weighted by Crippen LogP contribution is -2.42. The first-order chi connectivity index (χ1) is 6.85. The zero-order valence-electron chi connectivity index (χ0n) is 9.41. The summed E-state index contributed by atoms with van der Waals surface area (Å²) in [6.45, 7) is 5.00. The third-order valence-electron chi connectivity index (χ3n) is 2.46. The quantitative estimate of drug-likeness (QED) is 0.578. The lowest BCUT2D eigenvalue weighted by atomic mass is 9.90. The van der Waals surface area contributed by atoms with Crippen LogP contribution in [0.2, 0.25) is 0 Å². The second-order valence-corrected chi connectivity index (χ2v) is 6.45. The largest absolute Gasteiger partial charge is 0.330 e. The maximum atomic E-state index is 11.5. The summed E-state index contributed by atoms with van der Waals surface area (Å²) in [7, 11) is -3.31. The molecule has 0 aliphatic heterocycles. The molecular weight excluding hydrogens is 214 g/mol. The van der Waals surface area contributed by atoms with Crippen LogP contribution in [0.5, 0.6) is 0 Å². The Morgan fingerprint density at radius 2 is 2.00 bits per heavy atom. The van der Waals surface area contributed by atoms with Crippen molar-refractivity contribution in [1.82, 2.24) is 9.44 Å². The Kier molecular flexibility index (Phi) is 4.11. The minimum absolute atomic E-state index is 0.0902. The highest BCUT2D eigenvalue weighted by atomic mass is 32.2. The molecule has 0 spiro atoms. The van der Waals surface area contributed by atoms with E-state index in [1.807, 2.05) is 13.8 Å². The van der Waals surface area contributed by atoms with Crippen LogP contribution in [0, 0.1) is 5.41 Å². The molecule has 0 aromatic rings. The molecule has 0 aromatic carbocycles. The van der Waals surface area contributed by atoms with E-state index in [4.69, 9.17) is 5.73 Å². The van der Waals surface area contributed by atoms with Gasteiger partial charge >= 0.3 is 0 Å². The number of hydrogen-bond donors (Lipinski definition) is 3. The van der Waals surface area contributed by atoms with Gasteiger partial charge in [-0.3, -0.25) is 0 Å². The van der Waals surface area contributed by atoms with Gasteiger partial charge in [0.25, 0.3) is 10.2 Å². The molecule has 0 bridgehead atoms. The monoisotopic (exact) mass is 235 g/mol. The maximum Gasteiger partial charge on any atom is 0.277 e. The molecule has 1 aliphatic rings. The molecular formula is C9H21N3O2S. The van der Waals surface area contributed by atoms with Gasteiger partial charge in [0.1, 0.15) is 0 Å². The summed E-state index contributed by atoms with van der Waals surface area (Å²) in [6.07, 6.45) is 2.71. The van der Waals surface area contributed by atoms with E-state index in [2.05, 4.69) is 9.44 Å². The smallest absolute Gasteiger partial charge is 0.277 e. The fourth-order valence-corrected chi connectivity index (χ4v) is 2.57. The maximum absolute atomic E-state index is 11.5. The summed E-state index contributed by atoms with van der Waals surface area (Å²) >= 11 is 0. The van der Waals surface area contributed by atoms with Gasteiger partial charge in [0.15, 0.2) is 0 Å². The van der Waals surface area contributed by atoms with Gasteiger partial charge in [-0.05, 0) is 31.2 Å². The number of rotatable bonds is 7. The van der Waals surface area contributed by atoms with Crippen molar-refractivity contribution in [2.75, 3.05) is 13.1 Å². The first-order valence-corrected chi connectivity index (χ1v) is 6.80. The van der Waals surface area contributed by atoms with Crippen molar-refractivity contribution in [2.24, 2.45) is 11.1 Å². The second-order valence-electron chi connectivity index (χ2n) is 4.92. The van der Waals surface area contributed by atoms with Gasteiger partial charge in [-0.25, -0.2) is 4.72 Å². The topological polar surface area (TPSA) is 84.2 Å². The predicted molar refractivity (Wildman–Crippen MR) is 60.5 cm³/mol. The molecule has 0 aromatic heterocycles. The van der Waals surface area contributed by atoms with E-state index in [1.54, 1.807) is 0 Å². The summed E-state index contributed by atoms with van der Waals surface area (Å²) < 4.78 is 28.1. The fourth-order valence-electron chi connectivity index (χ4n) is 1.23. The molecule has 90 valence electrons. The average molecular weight is 235 g/mol. The highest BCUT2D eigenvalue weighted by molar-refractivity contribution is 7.87. The first kappa shape index (κ1) is 12.9. The molecule has 0 radical (unpaired) electrons. The average Bonchev–Trinajstić information content (AvgIpc) is 2.85. The van der Waals surface area contributed by atoms with Crippen LogP contribution in [-0.2, 0) is 10.2 Å². The van der Waals surface area contributed by atoms with E-state index in [0.717, 1.165) is 19.3 Å². The Hall–Kier alpha value is -0.170. The van der Waals surface area contributed by atoms with Crippen molar-refractivity contribution in [1.29, 1.82) is 0 Å². The Balaban J connectivity index is 2.33. The summed E-state index contributed by atoms with van der Waals surface area (Å²) in [4.78, 5) is 0. The minimum atomic E-state index is -3.31. The molecule has 0 atom stereocenters. The van der Waals surface area contributed by atoms with Gasteiger partial charge in [0, 0.05) is 12.6 Å². The molecule has 0 unspecified atom stereocenters. The Morgan fingerprint density at radius 3 is 2.47 bits per heavy atom. The van der Waals surface area contributed by atoms with E-state index in [1.165, 1.54) is 0 Å². The standard InChI is InChI=1S/C9H21N3O2S/c1-9(2,5-6-10)7-11-15(13,14)12-8-3-4-8/h8,11-12H,3-7,10H2,1-2H3. The number of hydrogen-bond acceptors (Lipinski definition) is 3. The predicted octanol–water partition coefficient (Wildman–Crippen LogP) is -0.0522. The van der Waals surface area contributed by atoms with Gasteiger partial charge < -0.3 is 5.73 Å². The molecule has 1 saturated carbocycles. The van der Waals surface area contributed by atoms with Gasteiger partial charge in [-0.2, -0.15) is 13.1 Å². The van der Waals surface area contributed by atoms with Crippen LogP contribution >= 0.6 is 0 Å². The third-order valence-corrected chi connectivity index (χ3v) is 3.63. The minimum Gasteiger partial charge on any atom is -0.330 e. The lowest BCUT2D eigenvalue weighted by molar-refractivity contribution is 0.339. The molecule has 0 saturated heterocycles. The van der Waals surface area contributed by atoms with Crippen LogP contribution in [0.15, 0.2) is 0 Å². The summed E-state index contributed by atoms with van der Waals surface area (Å²) in [5.41, 5.74) is 5.36. The highest BCUT2D eigenvalue weighted by Crippen LogP contribution is 2.20. The van der Waals surface area contributed by atoms with Crippen molar-refractivity contribution >= 4 is 10.2 Å². The first-order valence-electron chi connectivity index (χ1n) is 5.32. The number of nitrogens with one attached hydrogen (secondary N) is 2. The van der Waals surface area contributed by atoms with Gasteiger partial charge in [-0.15, -0.1) is 0 Å². The Bertz CT molecular complexity index is 296. The van der Waals surface area contributed by atoms with Crippen molar-refractivity contribution in [3.63, 3.8) is 0 Å². The van der Waals surface area contributed by atoms with Crippen LogP contribution in [0.4, 0.5) is 0 Å². The van der Waals surface area contributed by atoms with Crippen LogP contribution < -0.4 is 15.2 Å². The number of nitrogens with two attached hydrogens (primary N) is 1. The zero-order chi connectivity index (χ0) is 11.5. The molecule has 0 amide bonds. The molecule has 6 heteroatoms. The molecule has 4 N–H and O–H groups in total. The van der Waals surface area contributed by atoms with E-state index in [0.29, 0.717) is 13.1 Å². The molecule has 15 heavy (non-hydrogen) atoms. The molecule has 0 heterocycles. The summed E-state index contributed by atoms with van der Waals surface area (Å²) in [6, 6.07) is 0.153. The van der Waals surface area contributed by atoms with Gasteiger partial charge in [0.2, 0.25) is 0 Å². The van der Waals surface area contributed by atoms with Crippen molar-refractivity contribution < 1.29 is 8.42 Å². The molecule has 1 fully saturated rings. The molecule has 1 rings (SSSR count). The van der Waals surface area contributed by atoms with Gasteiger partial charge in [0.05, 0.1) is 0 Å². The molecule has 1 aliphatic carbocycles. The van der Waals surface area contributed by atoms with Crippen molar-refractivity contribution in [3.05, 3.63) is 0 Å². The van der Waals surface area contributed by atoms with Gasteiger partial charge in [-0.1, -0.05) is 13.8 Å². The lowest BCUT2D eigenvalue weighted by Gasteiger charge is -2.24. The normalized spacial score (nSPS) is 18.1. The van der Waals surface area contributed by atoms with Crippen molar-refractivity contribution in [2.45, 2.75) is 39.2 Å². The van der Waals surface area contributed by atoms with E-state index in [-0.39, 0.29) is 11.5 Å². The van der Waals surface area contributed by atoms with Crippen LogP contribution in [-0.4, -0.2) is 27.5 Å². The fraction of sp³-hybridized carbons (Fsp3) is 1.00. The summed E-state index contributed by atoms with van der Waals surface area (Å²) in [5.74, 6) is 0. The van der Waals surface area contributed by atoms with Crippen LogP contribution in [0.3, 0.4) is 0 Å². The third kappa shape index (κ3) is 5.46. The Labute approximate surface area is 92.0 Å². The van der Waals surface area contributed by atoms with Crippen LogP contribution in [0.25, 0.3) is 0 Å². The van der Waals surface area contributed by atoms with E-state index < -0.39 is 10.2 Å². The highest BCUT2D eigenvalue weighted by Gasteiger charge is 2.28. The van der Waals surface area contributed by atoms with Crippen LogP contribution in [0.1, 0.15) is 33.1 Å². The Morgan fingerprint density at radius 1 is 1.40 bits per heavy atom.